The van der Waals surface area contributed by atoms with E-state index in [1.807, 2.05) is 6.92 Å². The summed E-state index contributed by atoms with van der Waals surface area (Å²) in [7, 11) is 0. The van der Waals surface area contributed by atoms with Gasteiger partial charge in [-0.3, -0.25) is 14.9 Å². The van der Waals surface area contributed by atoms with E-state index in [-0.39, 0.29) is 17.9 Å². The minimum absolute atomic E-state index is 0.0148. The topological polar surface area (TPSA) is 95.7 Å². The molecule has 0 bridgehead atoms. The van der Waals surface area contributed by atoms with Crippen molar-refractivity contribution in [1.82, 2.24) is 0 Å². The van der Waals surface area contributed by atoms with Crippen molar-refractivity contribution in [3.63, 3.8) is 0 Å². The predicted molar refractivity (Wildman–Crippen MR) is 101 cm³/mol. The highest BCUT2D eigenvalue weighted by atomic mass is 16.6. The van der Waals surface area contributed by atoms with E-state index >= 15 is 0 Å². The monoisotopic (exact) mass is 381 g/mol. The highest BCUT2D eigenvalue weighted by molar-refractivity contribution is 6.20. The highest BCUT2D eigenvalue weighted by Crippen LogP contribution is 2.47. The van der Waals surface area contributed by atoms with Crippen molar-refractivity contribution in [2.24, 2.45) is 0 Å². The van der Waals surface area contributed by atoms with Gasteiger partial charge in [0.25, 0.3) is 11.3 Å². The van der Waals surface area contributed by atoms with Crippen LogP contribution in [0.4, 0.5) is 0 Å². The van der Waals surface area contributed by atoms with Crippen molar-refractivity contribution in [3.8, 4) is 5.75 Å². The lowest BCUT2D eigenvalue weighted by molar-refractivity contribution is -0.431. The average molecular weight is 381 g/mol. The van der Waals surface area contributed by atoms with Gasteiger partial charge >= 0.3 is 5.97 Å². The van der Waals surface area contributed by atoms with Gasteiger partial charge in [-0.05, 0) is 43.7 Å². The van der Waals surface area contributed by atoms with Crippen molar-refractivity contribution in [3.05, 3.63) is 87.6 Å². The standard InChI is InChI=1S/C21H19NO6/c1-4-27-20(24)21(19(23)16-11-10-13(2)12-17(16)28-21)18(14(3)22(25)26)15-8-6-5-7-9-15/h5-12,18H,3-4H2,1-2H3/t18-,21-/m1/s1. The molecule has 0 aromatic heterocycles. The zero-order chi connectivity index (χ0) is 20.5. The van der Waals surface area contributed by atoms with Crippen LogP contribution < -0.4 is 4.74 Å². The Balaban J connectivity index is 2.27. The van der Waals surface area contributed by atoms with Crippen LogP contribution in [0, 0.1) is 17.0 Å². The first-order chi connectivity index (χ1) is 13.3. The van der Waals surface area contributed by atoms with Crippen LogP contribution in [-0.2, 0) is 9.53 Å². The number of aryl methyl sites for hydroxylation is 1. The molecule has 2 aromatic rings. The first-order valence-electron chi connectivity index (χ1n) is 8.72. The van der Waals surface area contributed by atoms with E-state index in [1.165, 1.54) is 0 Å². The van der Waals surface area contributed by atoms with Gasteiger partial charge in [-0.2, -0.15) is 0 Å². The second-order valence-corrected chi connectivity index (χ2v) is 6.48. The van der Waals surface area contributed by atoms with Gasteiger partial charge in [0, 0.05) is 0 Å². The molecular formula is C21H19NO6. The molecule has 0 fully saturated rings. The Kier molecular flexibility index (Phi) is 5.00. The number of esters is 1. The molecular weight excluding hydrogens is 362 g/mol. The van der Waals surface area contributed by atoms with Crippen molar-refractivity contribution in [2.75, 3.05) is 6.61 Å². The fraction of sp³-hybridized carbons (Fsp3) is 0.238. The molecule has 0 radical (unpaired) electrons. The van der Waals surface area contributed by atoms with Crippen LogP contribution in [0.5, 0.6) is 5.75 Å². The molecule has 3 rings (SSSR count). The number of carbonyl (C=O) groups is 2. The average Bonchev–Trinajstić information content (AvgIpc) is 2.95. The summed E-state index contributed by atoms with van der Waals surface area (Å²) in [5.74, 6) is -2.83. The third-order valence-electron chi connectivity index (χ3n) is 4.68. The maximum atomic E-state index is 13.4. The van der Waals surface area contributed by atoms with Gasteiger partial charge in [-0.25, -0.2) is 4.79 Å². The number of fused-ring (bicyclic) bond motifs is 1. The molecule has 144 valence electrons. The Hall–Kier alpha value is -3.48. The maximum absolute atomic E-state index is 13.4. The number of benzene rings is 2. The van der Waals surface area contributed by atoms with Crippen molar-refractivity contribution >= 4 is 11.8 Å². The second kappa shape index (κ2) is 7.26. The molecule has 1 heterocycles. The molecule has 0 saturated carbocycles. The van der Waals surface area contributed by atoms with E-state index in [9.17, 15) is 19.7 Å². The molecule has 28 heavy (non-hydrogen) atoms. The summed E-state index contributed by atoms with van der Waals surface area (Å²) in [6.45, 7) is 6.92. The Bertz CT molecular complexity index is 968. The minimum atomic E-state index is -2.25. The molecule has 0 saturated heterocycles. The Morgan fingerprint density at radius 2 is 1.96 bits per heavy atom. The SMILES string of the molecule is C=C([C@H](c1ccccc1)[C@@]1(C(=O)OCC)Oc2cc(C)ccc2C1=O)[N+](=O)[O-]. The van der Waals surface area contributed by atoms with Crippen molar-refractivity contribution in [2.45, 2.75) is 25.4 Å². The number of Topliss-reactive ketones (excluding diaryl/α,β-unsaturated/α-hetero) is 1. The van der Waals surface area contributed by atoms with Crippen LogP contribution in [0.1, 0.15) is 34.3 Å². The van der Waals surface area contributed by atoms with Gasteiger partial charge in [0.15, 0.2) is 0 Å². The zero-order valence-corrected chi connectivity index (χ0v) is 15.5. The molecule has 7 nitrogen and oxygen atoms in total. The molecule has 0 aliphatic carbocycles. The first-order valence-corrected chi connectivity index (χ1v) is 8.72. The number of nitro groups is 1. The fourth-order valence-corrected chi connectivity index (χ4v) is 3.41. The molecule has 1 aliphatic heterocycles. The van der Waals surface area contributed by atoms with E-state index < -0.39 is 33.9 Å². The smallest absolute Gasteiger partial charge is 0.360 e. The van der Waals surface area contributed by atoms with E-state index in [1.54, 1.807) is 55.5 Å². The Labute approximate surface area is 161 Å². The van der Waals surface area contributed by atoms with Crippen LogP contribution >= 0.6 is 0 Å². The van der Waals surface area contributed by atoms with Gasteiger partial charge in [0.05, 0.1) is 17.1 Å². The molecule has 0 unspecified atom stereocenters. The second-order valence-electron chi connectivity index (χ2n) is 6.48. The number of nitrogens with zero attached hydrogens (tertiary/aromatic N) is 1. The van der Waals surface area contributed by atoms with Crippen LogP contribution in [0.3, 0.4) is 0 Å². The van der Waals surface area contributed by atoms with Gasteiger partial charge < -0.3 is 9.47 Å². The van der Waals surface area contributed by atoms with E-state index in [0.717, 1.165) is 5.56 Å². The van der Waals surface area contributed by atoms with Gasteiger partial charge in [0.2, 0.25) is 5.78 Å². The van der Waals surface area contributed by atoms with Crippen molar-refractivity contribution in [1.29, 1.82) is 0 Å². The number of carbonyl (C=O) groups excluding carboxylic acids is 2. The third kappa shape index (κ3) is 2.94. The van der Waals surface area contributed by atoms with Gasteiger partial charge in [-0.15, -0.1) is 0 Å². The number of ketones is 1. The lowest BCUT2D eigenvalue weighted by Crippen LogP contribution is -2.55. The molecule has 0 spiro atoms. The summed E-state index contributed by atoms with van der Waals surface area (Å²) < 4.78 is 11.0. The summed E-state index contributed by atoms with van der Waals surface area (Å²) in [5.41, 5.74) is -1.43. The quantitative estimate of drug-likeness (QED) is 0.329. The van der Waals surface area contributed by atoms with Crippen LogP contribution in [0.2, 0.25) is 0 Å². The summed E-state index contributed by atoms with van der Waals surface area (Å²) in [5, 5.41) is 11.6. The maximum Gasteiger partial charge on any atom is 0.360 e. The molecule has 2 aromatic carbocycles. The van der Waals surface area contributed by atoms with Crippen LogP contribution in [-0.4, -0.2) is 28.9 Å². The van der Waals surface area contributed by atoms with E-state index in [0.29, 0.717) is 5.56 Å². The fourth-order valence-electron chi connectivity index (χ4n) is 3.41. The summed E-state index contributed by atoms with van der Waals surface area (Å²) in [6.07, 6.45) is 0. The van der Waals surface area contributed by atoms with E-state index in [4.69, 9.17) is 9.47 Å². The van der Waals surface area contributed by atoms with Crippen LogP contribution in [0.15, 0.2) is 60.8 Å². The molecule has 0 N–H and O–H groups in total. The number of hydrogen-bond donors (Lipinski definition) is 0. The lowest BCUT2D eigenvalue weighted by atomic mass is 9.76. The first kappa shape index (κ1) is 19.3. The van der Waals surface area contributed by atoms with E-state index in [2.05, 4.69) is 6.58 Å². The van der Waals surface area contributed by atoms with Crippen molar-refractivity contribution < 1.29 is 24.0 Å². The summed E-state index contributed by atoms with van der Waals surface area (Å²) >= 11 is 0. The lowest BCUT2D eigenvalue weighted by Gasteiger charge is -2.31. The molecule has 2 atom stereocenters. The molecule has 0 amide bonds. The third-order valence-corrected chi connectivity index (χ3v) is 4.68. The number of rotatable bonds is 6. The highest BCUT2D eigenvalue weighted by Gasteiger charge is 2.64. The number of ether oxygens (including phenoxy) is 2. The predicted octanol–water partition coefficient (Wildman–Crippen LogP) is 3.45. The normalized spacial score (nSPS) is 18.7. The van der Waals surface area contributed by atoms with Gasteiger partial charge in [-0.1, -0.05) is 36.4 Å². The molecule has 7 heteroatoms. The summed E-state index contributed by atoms with van der Waals surface area (Å²) in [6, 6.07) is 13.1. The largest absolute Gasteiger partial charge is 0.465 e. The van der Waals surface area contributed by atoms with Gasteiger partial charge in [0.1, 0.15) is 11.7 Å². The zero-order valence-electron chi connectivity index (χ0n) is 15.5. The Morgan fingerprint density at radius 3 is 2.57 bits per heavy atom. The Morgan fingerprint density at radius 1 is 1.29 bits per heavy atom. The summed E-state index contributed by atoms with van der Waals surface area (Å²) in [4.78, 5) is 37.3. The minimum Gasteiger partial charge on any atom is -0.465 e. The molecule has 1 aliphatic rings. The van der Waals surface area contributed by atoms with Crippen LogP contribution in [0.25, 0.3) is 0 Å². The number of hydrogen-bond acceptors (Lipinski definition) is 6.